The average Bonchev–Trinajstić information content (AvgIpc) is 2.27. The zero-order chi connectivity index (χ0) is 12.0. The number of nitrogens with two attached hydrogens (primary N) is 1. The molecule has 0 bridgehead atoms. The molecule has 0 unspecified atom stereocenters. The lowest BCUT2D eigenvalue weighted by molar-refractivity contribution is -0.133. The van der Waals surface area contributed by atoms with Crippen molar-refractivity contribution in [1.29, 1.82) is 5.41 Å². The number of hydrogen-bond donors (Lipinski definition) is 3. The molecule has 1 rings (SSSR count). The molecule has 1 aromatic rings. The average molecular weight is 223 g/mol. The van der Waals surface area contributed by atoms with Gasteiger partial charge in [0.2, 0.25) is 0 Å². The molecular formula is C10H13N3O3. The van der Waals surface area contributed by atoms with Crippen LogP contribution in [0.4, 0.5) is 0 Å². The molecular weight excluding hydrogens is 210 g/mol. The summed E-state index contributed by atoms with van der Waals surface area (Å²) in [5.74, 6) is 0.310. The third-order valence-electron chi connectivity index (χ3n) is 1.71. The second-order valence-corrected chi connectivity index (χ2v) is 2.92. The summed E-state index contributed by atoms with van der Waals surface area (Å²) >= 11 is 0. The van der Waals surface area contributed by atoms with Crippen LogP contribution < -0.4 is 20.5 Å². The Bertz CT molecular complexity index is 375. The number of benzene rings is 1. The second kappa shape index (κ2) is 5.59. The largest absolute Gasteiger partial charge is 0.497 e. The molecule has 0 atom stereocenters. The van der Waals surface area contributed by atoms with E-state index < -0.39 is 5.97 Å². The van der Waals surface area contributed by atoms with Gasteiger partial charge in [-0.1, -0.05) is 0 Å². The number of esters is 1. The Kier molecular flexibility index (Phi) is 4.14. The van der Waals surface area contributed by atoms with Gasteiger partial charge in [-0.05, 0) is 24.3 Å². The Morgan fingerprint density at radius 2 is 1.94 bits per heavy atom. The Morgan fingerprint density at radius 3 is 2.44 bits per heavy atom. The predicted molar refractivity (Wildman–Crippen MR) is 58.5 cm³/mol. The minimum atomic E-state index is -0.514. The van der Waals surface area contributed by atoms with E-state index in [0.29, 0.717) is 11.5 Å². The molecule has 0 aromatic heterocycles. The van der Waals surface area contributed by atoms with Crippen LogP contribution >= 0.6 is 0 Å². The first-order valence-electron chi connectivity index (χ1n) is 4.54. The van der Waals surface area contributed by atoms with Crippen LogP contribution in [-0.4, -0.2) is 25.6 Å². The molecule has 16 heavy (non-hydrogen) atoms. The third-order valence-corrected chi connectivity index (χ3v) is 1.71. The SMILES string of the molecule is COc1ccc(OC(=O)CNC(=N)N)cc1. The molecule has 6 heteroatoms. The maximum atomic E-state index is 11.2. The summed E-state index contributed by atoms with van der Waals surface area (Å²) in [5, 5.41) is 9.21. The van der Waals surface area contributed by atoms with Crippen molar-refractivity contribution < 1.29 is 14.3 Å². The van der Waals surface area contributed by atoms with Gasteiger partial charge < -0.3 is 20.5 Å². The molecule has 0 heterocycles. The van der Waals surface area contributed by atoms with E-state index in [1.54, 1.807) is 31.4 Å². The lowest BCUT2D eigenvalue weighted by Gasteiger charge is -2.06. The Labute approximate surface area is 92.9 Å². The van der Waals surface area contributed by atoms with E-state index in [0.717, 1.165) is 0 Å². The Morgan fingerprint density at radius 1 is 1.38 bits per heavy atom. The van der Waals surface area contributed by atoms with Gasteiger partial charge in [-0.15, -0.1) is 0 Å². The fourth-order valence-electron chi connectivity index (χ4n) is 0.979. The van der Waals surface area contributed by atoms with Gasteiger partial charge in [0.05, 0.1) is 7.11 Å². The van der Waals surface area contributed by atoms with Crippen molar-refractivity contribution in [3.05, 3.63) is 24.3 Å². The van der Waals surface area contributed by atoms with E-state index in [-0.39, 0.29) is 12.5 Å². The normalized spacial score (nSPS) is 9.31. The molecule has 0 radical (unpaired) electrons. The summed E-state index contributed by atoms with van der Waals surface area (Å²) in [4.78, 5) is 11.2. The number of methoxy groups -OCH3 is 1. The zero-order valence-electron chi connectivity index (χ0n) is 8.82. The molecule has 0 saturated carbocycles. The molecule has 86 valence electrons. The van der Waals surface area contributed by atoms with Crippen LogP contribution in [0.1, 0.15) is 0 Å². The van der Waals surface area contributed by atoms with Gasteiger partial charge in [0.25, 0.3) is 0 Å². The smallest absolute Gasteiger partial charge is 0.330 e. The van der Waals surface area contributed by atoms with Gasteiger partial charge in [0.1, 0.15) is 18.0 Å². The van der Waals surface area contributed by atoms with E-state index in [9.17, 15) is 4.79 Å². The van der Waals surface area contributed by atoms with Gasteiger partial charge in [-0.25, -0.2) is 4.79 Å². The van der Waals surface area contributed by atoms with E-state index in [1.807, 2.05) is 0 Å². The van der Waals surface area contributed by atoms with Crippen LogP contribution in [0.25, 0.3) is 0 Å². The number of carbonyl (C=O) groups excluding carboxylic acids is 1. The van der Waals surface area contributed by atoms with Crippen LogP contribution in [0, 0.1) is 5.41 Å². The Balaban J connectivity index is 2.46. The number of ether oxygens (including phenoxy) is 2. The predicted octanol–water partition coefficient (Wildman–Crippen LogP) is 0.0837. The molecule has 1 aromatic carbocycles. The number of guanidine groups is 1. The highest BCUT2D eigenvalue weighted by atomic mass is 16.5. The van der Waals surface area contributed by atoms with Gasteiger partial charge in [0, 0.05) is 0 Å². The van der Waals surface area contributed by atoms with Gasteiger partial charge in [0.15, 0.2) is 5.96 Å². The molecule has 0 aliphatic rings. The number of carbonyl (C=O) groups is 1. The molecule has 0 amide bonds. The van der Waals surface area contributed by atoms with E-state index >= 15 is 0 Å². The number of hydrogen-bond acceptors (Lipinski definition) is 4. The van der Waals surface area contributed by atoms with Crippen LogP contribution in [0.15, 0.2) is 24.3 Å². The standard InChI is InChI=1S/C10H13N3O3/c1-15-7-2-4-8(5-3-7)16-9(14)6-13-10(11)12/h2-5H,6H2,1H3,(H4,11,12,13). The van der Waals surface area contributed by atoms with Gasteiger partial charge in [-0.3, -0.25) is 5.41 Å². The fraction of sp³-hybridized carbons (Fsp3) is 0.200. The fourth-order valence-corrected chi connectivity index (χ4v) is 0.979. The highest BCUT2D eigenvalue weighted by molar-refractivity contribution is 5.82. The lowest BCUT2D eigenvalue weighted by atomic mass is 10.3. The minimum Gasteiger partial charge on any atom is -0.497 e. The van der Waals surface area contributed by atoms with E-state index in [1.165, 1.54) is 0 Å². The van der Waals surface area contributed by atoms with Crippen LogP contribution in [-0.2, 0) is 4.79 Å². The first-order valence-corrected chi connectivity index (χ1v) is 4.54. The second-order valence-electron chi connectivity index (χ2n) is 2.92. The Hall–Kier alpha value is -2.24. The van der Waals surface area contributed by atoms with Crippen molar-refractivity contribution in [1.82, 2.24) is 5.32 Å². The van der Waals surface area contributed by atoms with Crippen molar-refractivity contribution in [2.45, 2.75) is 0 Å². The molecule has 0 aliphatic carbocycles. The molecule has 6 nitrogen and oxygen atoms in total. The van der Waals surface area contributed by atoms with Gasteiger partial charge in [-0.2, -0.15) is 0 Å². The lowest BCUT2D eigenvalue weighted by Crippen LogP contribution is -2.36. The summed E-state index contributed by atoms with van der Waals surface area (Å²) in [7, 11) is 1.55. The summed E-state index contributed by atoms with van der Waals surface area (Å²) in [6.45, 7) is -0.138. The molecule has 0 aliphatic heterocycles. The molecule has 4 N–H and O–H groups in total. The molecule has 0 fully saturated rings. The van der Waals surface area contributed by atoms with Crippen molar-refractivity contribution >= 4 is 11.9 Å². The maximum absolute atomic E-state index is 11.2. The molecule has 0 spiro atoms. The van der Waals surface area contributed by atoms with Crippen molar-refractivity contribution in [2.75, 3.05) is 13.7 Å². The highest BCUT2D eigenvalue weighted by Crippen LogP contribution is 2.16. The van der Waals surface area contributed by atoms with Crippen LogP contribution in [0.2, 0.25) is 0 Å². The zero-order valence-corrected chi connectivity index (χ0v) is 8.82. The summed E-state index contributed by atoms with van der Waals surface area (Å²) in [5.41, 5.74) is 5.02. The van der Waals surface area contributed by atoms with Crippen molar-refractivity contribution in [3.8, 4) is 11.5 Å². The van der Waals surface area contributed by atoms with E-state index in [4.69, 9.17) is 20.6 Å². The van der Waals surface area contributed by atoms with Crippen molar-refractivity contribution in [2.24, 2.45) is 5.73 Å². The van der Waals surface area contributed by atoms with Crippen LogP contribution in [0.5, 0.6) is 11.5 Å². The number of nitrogens with one attached hydrogen (secondary N) is 2. The summed E-state index contributed by atoms with van der Waals surface area (Å²) < 4.78 is 9.91. The first-order chi connectivity index (χ1) is 7.61. The number of rotatable bonds is 4. The third kappa shape index (κ3) is 3.87. The van der Waals surface area contributed by atoms with Crippen molar-refractivity contribution in [3.63, 3.8) is 0 Å². The summed E-state index contributed by atoms with van der Waals surface area (Å²) in [6.07, 6.45) is 0. The quantitative estimate of drug-likeness (QED) is 0.291. The minimum absolute atomic E-state index is 0.138. The van der Waals surface area contributed by atoms with Crippen LogP contribution in [0.3, 0.4) is 0 Å². The maximum Gasteiger partial charge on any atom is 0.330 e. The van der Waals surface area contributed by atoms with Gasteiger partial charge >= 0.3 is 5.97 Å². The molecule has 0 saturated heterocycles. The monoisotopic (exact) mass is 223 g/mol. The highest BCUT2D eigenvalue weighted by Gasteiger charge is 2.04. The summed E-state index contributed by atoms with van der Waals surface area (Å²) in [6, 6.07) is 6.59. The first kappa shape index (κ1) is 11.8. The van der Waals surface area contributed by atoms with E-state index in [2.05, 4.69) is 5.32 Å². The topological polar surface area (TPSA) is 97.4 Å².